The predicted octanol–water partition coefficient (Wildman–Crippen LogP) is 1.35. The summed E-state index contributed by atoms with van der Waals surface area (Å²) < 4.78 is 29.5. The number of sulfone groups is 1. The van der Waals surface area contributed by atoms with Crippen LogP contribution in [0.25, 0.3) is 0 Å². The lowest BCUT2D eigenvalue weighted by molar-refractivity contribution is 0.0811. The van der Waals surface area contributed by atoms with Crippen LogP contribution in [0.2, 0.25) is 0 Å². The van der Waals surface area contributed by atoms with Gasteiger partial charge in [0.05, 0.1) is 35.0 Å². The third-order valence-electron chi connectivity index (χ3n) is 2.60. The second-order valence-electron chi connectivity index (χ2n) is 4.63. The van der Waals surface area contributed by atoms with Crippen LogP contribution in [0.5, 0.6) is 0 Å². The molecule has 0 fully saturated rings. The van der Waals surface area contributed by atoms with Crippen molar-refractivity contribution in [2.45, 2.75) is 24.8 Å². The van der Waals surface area contributed by atoms with Gasteiger partial charge in [-0.25, -0.2) is 8.42 Å². The molecular formula is C14H20N2O3S. The van der Waals surface area contributed by atoms with Gasteiger partial charge in [-0.1, -0.05) is 6.07 Å². The highest BCUT2D eigenvalue weighted by Gasteiger charge is 2.14. The van der Waals surface area contributed by atoms with Crippen molar-refractivity contribution in [3.8, 4) is 6.07 Å². The number of hydrogen-bond donors (Lipinski definition) is 1. The molecule has 6 heteroatoms. The quantitative estimate of drug-likeness (QED) is 0.732. The number of ether oxygens (including phenoxy) is 1. The van der Waals surface area contributed by atoms with E-state index in [1.165, 1.54) is 12.1 Å². The van der Waals surface area contributed by atoms with E-state index >= 15 is 0 Å². The summed E-state index contributed by atoms with van der Waals surface area (Å²) in [6.07, 6.45) is 0.175. The molecule has 0 saturated heterocycles. The van der Waals surface area contributed by atoms with E-state index in [4.69, 9.17) is 10.00 Å². The number of rotatable bonds is 8. The van der Waals surface area contributed by atoms with Crippen LogP contribution >= 0.6 is 0 Å². The minimum absolute atomic E-state index is 0.00353. The Bertz CT molecular complexity index is 562. The Labute approximate surface area is 120 Å². The molecule has 1 N–H and O–H groups in total. The van der Waals surface area contributed by atoms with Gasteiger partial charge < -0.3 is 10.1 Å². The smallest absolute Gasteiger partial charge is 0.179 e. The SMILES string of the molecule is CC(C)OCCNCCS(=O)(=O)c1cccc(C#N)c1. The van der Waals surface area contributed by atoms with Crippen LogP contribution in [0.15, 0.2) is 29.2 Å². The summed E-state index contributed by atoms with van der Waals surface area (Å²) in [4.78, 5) is 0.191. The van der Waals surface area contributed by atoms with Gasteiger partial charge in [-0.15, -0.1) is 0 Å². The molecular weight excluding hydrogens is 276 g/mol. The Morgan fingerprint density at radius 1 is 1.35 bits per heavy atom. The lowest BCUT2D eigenvalue weighted by Gasteiger charge is -2.09. The molecule has 0 spiro atoms. The predicted molar refractivity (Wildman–Crippen MR) is 77.2 cm³/mol. The third kappa shape index (κ3) is 5.70. The molecule has 0 aliphatic heterocycles. The van der Waals surface area contributed by atoms with Crippen LogP contribution in [0, 0.1) is 11.3 Å². The number of nitrogens with zero attached hydrogens (tertiary/aromatic N) is 1. The van der Waals surface area contributed by atoms with E-state index in [2.05, 4.69) is 5.32 Å². The molecule has 0 aliphatic rings. The lowest BCUT2D eigenvalue weighted by Crippen LogP contribution is -2.27. The van der Waals surface area contributed by atoms with Gasteiger partial charge in [0.2, 0.25) is 0 Å². The van der Waals surface area contributed by atoms with Crippen molar-refractivity contribution >= 4 is 9.84 Å². The van der Waals surface area contributed by atoms with E-state index in [9.17, 15) is 8.42 Å². The van der Waals surface area contributed by atoms with Crippen molar-refractivity contribution in [3.63, 3.8) is 0 Å². The first kappa shape index (κ1) is 16.6. The second kappa shape index (κ2) is 8.00. The van der Waals surface area contributed by atoms with Crippen LogP contribution in [0.1, 0.15) is 19.4 Å². The van der Waals surface area contributed by atoms with Crippen LogP contribution in [0.3, 0.4) is 0 Å². The van der Waals surface area contributed by atoms with Crippen molar-refractivity contribution < 1.29 is 13.2 Å². The van der Waals surface area contributed by atoms with Crippen LogP contribution in [0.4, 0.5) is 0 Å². The van der Waals surface area contributed by atoms with Crippen molar-refractivity contribution in [1.82, 2.24) is 5.32 Å². The monoisotopic (exact) mass is 296 g/mol. The molecule has 0 saturated carbocycles. The molecule has 1 aromatic carbocycles. The van der Waals surface area contributed by atoms with Crippen LogP contribution in [-0.2, 0) is 14.6 Å². The molecule has 0 atom stereocenters. The van der Waals surface area contributed by atoms with Crippen molar-refractivity contribution in [2.75, 3.05) is 25.4 Å². The van der Waals surface area contributed by atoms with E-state index in [0.717, 1.165) is 0 Å². The summed E-state index contributed by atoms with van der Waals surface area (Å²) in [5.74, 6) is 0.00353. The van der Waals surface area contributed by atoms with E-state index in [-0.39, 0.29) is 16.8 Å². The van der Waals surface area contributed by atoms with E-state index < -0.39 is 9.84 Å². The van der Waals surface area contributed by atoms with Crippen molar-refractivity contribution in [3.05, 3.63) is 29.8 Å². The molecule has 110 valence electrons. The zero-order chi connectivity index (χ0) is 15.0. The first-order valence-corrected chi connectivity index (χ1v) is 8.16. The molecule has 1 rings (SSSR count). The fourth-order valence-electron chi connectivity index (χ4n) is 1.58. The highest BCUT2D eigenvalue weighted by molar-refractivity contribution is 7.91. The maximum Gasteiger partial charge on any atom is 0.179 e. The summed E-state index contributed by atoms with van der Waals surface area (Å²) in [6.45, 7) is 5.44. The fraction of sp³-hybridized carbons (Fsp3) is 0.500. The molecule has 0 bridgehead atoms. The number of nitriles is 1. The summed E-state index contributed by atoms with van der Waals surface area (Å²) in [7, 11) is -3.35. The number of benzene rings is 1. The minimum atomic E-state index is -3.35. The Balaban J connectivity index is 2.44. The Kier molecular flexibility index (Phi) is 6.65. The Hall–Kier alpha value is -1.42. The maximum absolute atomic E-state index is 12.1. The first-order valence-electron chi connectivity index (χ1n) is 6.51. The molecule has 0 radical (unpaired) electrons. The number of hydrogen-bond acceptors (Lipinski definition) is 5. The molecule has 5 nitrogen and oxygen atoms in total. The van der Waals surface area contributed by atoms with Gasteiger partial charge >= 0.3 is 0 Å². The summed E-state index contributed by atoms with van der Waals surface area (Å²) in [5.41, 5.74) is 0.351. The van der Waals surface area contributed by atoms with Crippen molar-refractivity contribution in [2.24, 2.45) is 0 Å². The minimum Gasteiger partial charge on any atom is -0.377 e. The van der Waals surface area contributed by atoms with Gasteiger partial charge in [0, 0.05) is 13.1 Å². The van der Waals surface area contributed by atoms with Gasteiger partial charge in [0.15, 0.2) is 9.84 Å². The highest BCUT2D eigenvalue weighted by atomic mass is 32.2. The van der Waals surface area contributed by atoms with Crippen LogP contribution in [-0.4, -0.2) is 40.0 Å². The van der Waals surface area contributed by atoms with Gasteiger partial charge in [-0.3, -0.25) is 0 Å². The fourth-order valence-corrected chi connectivity index (χ4v) is 2.82. The molecule has 0 aliphatic carbocycles. The molecule has 0 unspecified atom stereocenters. The number of nitrogens with one attached hydrogen (secondary N) is 1. The van der Waals surface area contributed by atoms with E-state index in [0.29, 0.717) is 25.3 Å². The zero-order valence-corrected chi connectivity index (χ0v) is 12.6. The Morgan fingerprint density at radius 3 is 2.75 bits per heavy atom. The van der Waals surface area contributed by atoms with Crippen LogP contribution < -0.4 is 5.32 Å². The standard InChI is InChI=1S/C14H20N2O3S/c1-12(2)19-8-6-16-7-9-20(17,18)14-5-3-4-13(10-14)11-15/h3-5,10,12,16H,6-9H2,1-2H3. The topological polar surface area (TPSA) is 79.2 Å². The zero-order valence-electron chi connectivity index (χ0n) is 11.8. The average Bonchev–Trinajstić information content (AvgIpc) is 2.42. The van der Waals surface area contributed by atoms with E-state index in [1.54, 1.807) is 12.1 Å². The van der Waals surface area contributed by atoms with E-state index in [1.807, 2.05) is 19.9 Å². The first-order chi connectivity index (χ1) is 9.45. The van der Waals surface area contributed by atoms with Gasteiger partial charge in [-0.2, -0.15) is 5.26 Å². The average molecular weight is 296 g/mol. The summed E-state index contributed by atoms with van der Waals surface area (Å²) in [5, 5.41) is 11.8. The molecule has 0 aromatic heterocycles. The van der Waals surface area contributed by atoms with Gasteiger partial charge in [0.25, 0.3) is 0 Å². The Morgan fingerprint density at radius 2 is 2.10 bits per heavy atom. The van der Waals surface area contributed by atoms with Gasteiger partial charge in [-0.05, 0) is 32.0 Å². The normalized spacial score (nSPS) is 11.5. The maximum atomic E-state index is 12.1. The summed E-state index contributed by atoms with van der Waals surface area (Å²) >= 11 is 0. The summed E-state index contributed by atoms with van der Waals surface area (Å²) in [6, 6.07) is 8.01. The highest BCUT2D eigenvalue weighted by Crippen LogP contribution is 2.12. The molecule has 1 aromatic rings. The molecule has 20 heavy (non-hydrogen) atoms. The second-order valence-corrected chi connectivity index (χ2v) is 6.74. The van der Waals surface area contributed by atoms with Crippen molar-refractivity contribution in [1.29, 1.82) is 5.26 Å². The molecule has 0 amide bonds. The van der Waals surface area contributed by atoms with Gasteiger partial charge in [0.1, 0.15) is 0 Å². The largest absolute Gasteiger partial charge is 0.377 e. The lowest BCUT2D eigenvalue weighted by atomic mass is 10.2. The third-order valence-corrected chi connectivity index (χ3v) is 4.31. The molecule has 0 heterocycles.